The molecule has 20 heavy (non-hydrogen) atoms. The van der Waals surface area contributed by atoms with Crippen LogP contribution in [0.1, 0.15) is 44.3 Å². The highest BCUT2D eigenvalue weighted by molar-refractivity contribution is 5.67. The molecule has 2 heterocycles. The maximum absolute atomic E-state index is 11.2. The smallest absolute Gasteiger partial charge is 0.303 e. The van der Waals surface area contributed by atoms with Gasteiger partial charge in [-0.3, -0.25) is 14.2 Å². The number of aliphatic carboxylic acids is 1. The van der Waals surface area contributed by atoms with Gasteiger partial charge in [0.05, 0.1) is 12.6 Å². The summed E-state index contributed by atoms with van der Waals surface area (Å²) in [6.45, 7) is 0. The molecule has 0 aliphatic heterocycles. The second kappa shape index (κ2) is 5.19. The summed E-state index contributed by atoms with van der Waals surface area (Å²) in [4.78, 5) is 15.2. The first-order valence-electron chi connectivity index (χ1n) is 7.04. The zero-order valence-electron chi connectivity index (χ0n) is 11.3. The Morgan fingerprint density at radius 1 is 1.30 bits per heavy atom. The molecule has 6 heteroatoms. The van der Waals surface area contributed by atoms with Crippen molar-refractivity contribution in [1.82, 2.24) is 19.6 Å². The largest absolute Gasteiger partial charge is 0.481 e. The molecule has 0 bridgehead atoms. The fraction of sp³-hybridized carbons (Fsp3) is 0.571. The number of rotatable bonds is 4. The maximum atomic E-state index is 11.2. The number of aromatic nitrogens is 4. The summed E-state index contributed by atoms with van der Waals surface area (Å²) in [7, 11) is 0. The Morgan fingerprint density at radius 3 is 2.85 bits per heavy atom. The van der Waals surface area contributed by atoms with Gasteiger partial charge in [-0.05, 0) is 18.3 Å². The molecule has 0 atom stereocenters. The van der Waals surface area contributed by atoms with Crippen LogP contribution in [0.2, 0.25) is 0 Å². The standard InChI is InChI=1S/C14H18N4O2/c19-13(20)9-14(4-2-1-3-5-14)8-11-16-17-12-10-15-6-7-18(11)12/h6-7,10H,1-5,8-9H2,(H,19,20). The van der Waals surface area contributed by atoms with Crippen LogP contribution in [-0.4, -0.2) is 30.7 Å². The van der Waals surface area contributed by atoms with Gasteiger partial charge >= 0.3 is 5.97 Å². The monoisotopic (exact) mass is 274 g/mol. The van der Waals surface area contributed by atoms with Crippen LogP contribution in [0.3, 0.4) is 0 Å². The summed E-state index contributed by atoms with van der Waals surface area (Å²) >= 11 is 0. The molecule has 1 aliphatic rings. The third kappa shape index (κ3) is 2.50. The van der Waals surface area contributed by atoms with Crippen molar-refractivity contribution in [2.24, 2.45) is 5.41 Å². The average molecular weight is 274 g/mol. The Labute approximate surface area is 116 Å². The minimum absolute atomic E-state index is 0.170. The molecule has 2 aromatic heterocycles. The van der Waals surface area contributed by atoms with E-state index in [0.717, 1.165) is 31.5 Å². The van der Waals surface area contributed by atoms with E-state index < -0.39 is 5.97 Å². The van der Waals surface area contributed by atoms with Gasteiger partial charge in [-0.25, -0.2) is 0 Å². The lowest BCUT2D eigenvalue weighted by atomic mass is 9.69. The van der Waals surface area contributed by atoms with Crippen LogP contribution in [0.5, 0.6) is 0 Å². The summed E-state index contributed by atoms with van der Waals surface area (Å²) in [5.41, 5.74) is 0.542. The van der Waals surface area contributed by atoms with Crippen molar-refractivity contribution in [2.75, 3.05) is 0 Å². The van der Waals surface area contributed by atoms with E-state index in [4.69, 9.17) is 0 Å². The summed E-state index contributed by atoms with van der Waals surface area (Å²) in [6.07, 6.45) is 11.4. The van der Waals surface area contributed by atoms with Crippen molar-refractivity contribution < 1.29 is 9.90 Å². The molecular weight excluding hydrogens is 256 g/mol. The van der Waals surface area contributed by atoms with Gasteiger partial charge in [-0.15, -0.1) is 10.2 Å². The summed E-state index contributed by atoms with van der Waals surface area (Å²) in [6, 6.07) is 0. The van der Waals surface area contributed by atoms with E-state index in [1.165, 1.54) is 6.42 Å². The second-order valence-electron chi connectivity index (χ2n) is 5.73. The lowest BCUT2D eigenvalue weighted by molar-refractivity contribution is -0.140. The molecule has 0 spiro atoms. The number of carboxylic acids is 1. The lowest BCUT2D eigenvalue weighted by Crippen LogP contribution is -2.30. The van der Waals surface area contributed by atoms with Crippen LogP contribution in [0.4, 0.5) is 0 Å². The topological polar surface area (TPSA) is 80.4 Å². The van der Waals surface area contributed by atoms with Gasteiger partial charge < -0.3 is 5.11 Å². The van der Waals surface area contributed by atoms with Crippen LogP contribution < -0.4 is 0 Å². The van der Waals surface area contributed by atoms with E-state index in [1.807, 2.05) is 10.6 Å². The molecule has 0 aromatic carbocycles. The molecule has 0 unspecified atom stereocenters. The highest BCUT2D eigenvalue weighted by atomic mass is 16.4. The summed E-state index contributed by atoms with van der Waals surface area (Å²) < 4.78 is 1.91. The SMILES string of the molecule is O=C(O)CC1(Cc2nnc3cnccn23)CCCCC1. The van der Waals surface area contributed by atoms with Gasteiger partial charge in [-0.2, -0.15) is 0 Å². The number of nitrogens with zero attached hydrogens (tertiary/aromatic N) is 4. The highest BCUT2D eigenvalue weighted by Crippen LogP contribution is 2.41. The molecule has 0 saturated heterocycles. The van der Waals surface area contributed by atoms with Crippen LogP contribution >= 0.6 is 0 Å². The van der Waals surface area contributed by atoms with Gasteiger partial charge in [0.25, 0.3) is 0 Å². The predicted molar refractivity (Wildman–Crippen MR) is 72.3 cm³/mol. The Morgan fingerprint density at radius 2 is 2.10 bits per heavy atom. The number of hydrogen-bond donors (Lipinski definition) is 1. The van der Waals surface area contributed by atoms with E-state index >= 15 is 0 Å². The Balaban J connectivity index is 1.91. The molecule has 0 radical (unpaired) electrons. The average Bonchev–Trinajstić information content (AvgIpc) is 2.82. The third-order valence-corrected chi connectivity index (χ3v) is 4.26. The van der Waals surface area contributed by atoms with Crippen molar-refractivity contribution in [3.63, 3.8) is 0 Å². The number of carbonyl (C=O) groups is 1. The van der Waals surface area contributed by atoms with Crippen LogP contribution in [0, 0.1) is 5.41 Å². The third-order valence-electron chi connectivity index (χ3n) is 4.26. The fourth-order valence-electron chi connectivity index (χ4n) is 3.30. The van der Waals surface area contributed by atoms with Crippen molar-refractivity contribution in [3.05, 3.63) is 24.4 Å². The van der Waals surface area contributed by atoms with E-state index in [-0.39, 0.29) is 11.8 Å². The van der Waals surface area contributed by atoms with Gasteiger partial charge in [0.2, 0.25) is 0 Å². The van der Waals surface area contributed by atoms with Crippen LogP contribution in [0.15, 0.2) is 18.6 Å². The second-order valence-corrected chi connectivity index (χ2v) is 5.73. The highest BCUT2D eigenvalue weighted by Gasteiger charge is 2.35. The van der Waals surface area contributed by atoms with Crippen LogP contribution in [0.25, 0.3) is 5.65 Å². The first-order valence-corrected chi connectivity index (χ1v) is 7.04. The minimum Gasteiger partial charge on any atom is -0.481 e. The van der Waals surface area contributed by atoms with Gasteiger partial charge in [0, 0.05) is 18.8 Å². The minimum atomic E-state index is -0.720. The molecule has 1 saturated carbocycles. The molecule has 0 amide bonds. The molecule has 1 N–H and O–H groups in total. The van der Waals surface area contributed by atoms with E-state index in [2.05, 4.69) is 15.2 Å². The Hall–Kier alpha value is -1.98. The molecule has 3 rings (SSSR count). The normalized spacial score (nSPS) is 18.2. The van der Waals surface area contributed by atoms with E-state index in [9.17, 15) is 9.90 Å². The predicted octanol–water partition coefficient (Wildman–Crippen LogP) is 2.09. The van der Waals surface area contributed by atoms with E-state index in [1.54, 1.807) is 12.4 Å². The van der Waals surface area contributed by atoms with Gasteiger partial charge in [-0.1, -0.05) is 19.3 Å². The lowest BCUT2D eigenvalue weighted by Gasteiger charge is -2.35. The molecule has 1 aliphatic carbocycles. The number of fused-ring (bicyclic) bond motifs is 1. The van der Waals surface area contributed by atoms with Crippen molar-refractivity contribution >= 4 is 11.6 Å². The first kappa shape index (κ1) is 13.0. The van der Waals surface area contributed by atoms with Crippen LogP contribution in [-0.2, 0) is 11.2 Å². The number of hydrogen-bond acceptors (Lipinski definition) is 4. The summed E-state index contributed by atoms with van der Waals surface area (Å²) in [5, 5.41) is 17.5. The van der Waals surface area contributed by atoms with Crippen molar-refractivity contribution in [3.8, 4) is 0 Å². The van der Waals surface area contributed by atoms with Crippen molar-refractivity contribution in [2.45, 2.75) is 44.9 Å². The molecule has 106 valence electrons. The molecular formula is C14H18N4O2. The fourth-order valence-corrected chi connectivity index (χ4v) is 3.30. The summed E-state index contributed by atoms with van der Waals surface area (Å²) in [5.74, 6) is 0.118. The number of carboxylic acid groups (broad SMARTS) is 1. The maximum Gasteiger partial charge on any atom is 0.303 e. The molecule has 1 fully saturated rings. The quantitative estimate of drug-likeness (QED) is 0.923. The zero-order valence-corrected chi connectivity index (χ0v) is 11.3. The van der Waals surface area contributed by atoms with Crippen molar-refractivity contribution in [1.29, 1.82) is 0 Å². The zero-order chi connectivity index (χ0) is 14.0. The molecule has 6 nitrogen and oxygen atoms in total. The molecule has 2 aromatic rings. The van der Waals surface area contributed by atoms with E-state index in [0.29, 0.717) is 12.1 Å². The first-order chi connectivity index (χ1) is 9.69. The van der Waals surface area contributed by atoms with Gasteiger partial charge in [0.15, 0.2) is 5.65 Å². The Kier molecular flexibility index (Phi) is 3.38. The van der Waals surface area contributed by atoms with Gasteiger partial charge in [0.1, 0.15) is 5.82 Å². The Bertz CT molecular complexity index is 616.